The molecule has 0 aliphatic rings. The number of halogens is 3. The molecule has 1 N–H and O–H groups in total. The highest BCUT2D eigenvalue weighted by atomic mass is 35.5. The molecular weight excluding hydrogens is 270 g/mol. The molecule has 0 atom stereocenters. The van der Waals surface area contributed by atoms with Gasteiger partial charge in [-0.15, -0.1) is 0 Å². The lowest BCUT2D eigenvalue weighted by Gasteiger charge is -2.19. The van der Waals surface area contributed by atoms with Crippen LogP contribution in [0, 0.1) is 5.92 Å². The SMILES string of the molecule is CC(C)CNCc1ccc(N(C)CC(F)F)cc1Cl. The number of alkyl halides is 2. The van der Waals surface area contributed by atoms with Gasteiger partial charge in [0, 0.05) is 24.3 Å². The first-order chi connectivity index (χ1) is 8.90. The summed E-state index contributed by atoms with van der Waals surface area (Å²) >= 11 is 6.17. The van der Waals surface area contributed by atoms with E-state index in [2.05, 4.69) is 19.2 Å². The van der Waals surface area contributed by atoms with Gasteiger partial charge >= 0.3 is 0 Å². The second kappa shape index (κ2) is 7.65. The highest BCUT2D eigenvalue weighted by Gasteiger charge is 2.10. The molecule has 19 heavy (non-hydrogen) atoms. The maximum Gasteiger partial charge on any atom is 0.255 e. The molecule has 0 aromatic heterocycles. The van der Waals surface area contributed by atoms with Gasteiger partial charge in [0.25, 0.3) is 6.43 Å². The Morgan fingerprint density at radius 3 is 2.53 bits per heavy atom. The van der Waals surface area contributed by atoms with Gasteiger partial charge in [0.15, 0.2) is 0 Å². The summed E-state index contributed by atoms with van der Waals surface area (Å²) in [6, 6.07) is 5.43. The minimum Gasteiger partial charge on any atom is -0.369 e. The summed E-state index contributed by atoms with van der Waals surface area (Å²) in [4.78, 5) is 1.50. The van der Waals surface area contributed by atoms with Gasteiger partial charge in [-0.3, -0.25) is 0 Å². The molecule has 2 nitrogen and oxygen atoms in total. The first kappa shape index (κ1) is 16.2. The number of nitrogens with zero attached hydrogens (tertiary/aromatic N) is 1. The van der Waals surface area contributed by atoms with E-state index >= 15 is 0 Å². The molecule has 0 radical (unpaired) electrons. The Labute approximate surface area is 118 Å². The van der Waals surface area contributed by atoms with E-state index < -0.39 is 6.43 Å². The zero-order chi connectivity index (χ0) is 14.4. The minimum absolute atomic E-state index is 0.290. The number of anilines is 1. The molecule has 0 heterocycles. The predicted molar refractivity (Wildman–Crippen MR) is 77.3 cm³/mol. The zero-order valence-electron chi connectivity index (χ0n) is 11.6. The number of benzene rings is 1. The molecule has 0 bridgehead atoms. The second-order valence-corrected chi connectivity index (χ2v) is 5.48. The van der Waals surface area contributed by atoms with Gasteiger partial charge in [0.05, 0.1) is 6.54 Å². The molecule has 1 aromatic rings. The molecule has 0 aliphatic heterocycles. The zero-order valence-corrected chi connectivity index (χ0v) is 12.3. The van der Waals surface area contributed by atoms with Crippen LogP contribution in [0.25, 0.3) is 0 Å². The summed E-state index contributed by atoms with van der Waals surface area (Å²) in [6.45, 7) is 5.59. The molecule has 1 rings (SSSR count). The van der Waals surface area contributed by atoms with Gasteiger partial charge in [-0.05, 0) is 30.2 Å². The molecule has 0 saturated heterocycles. The molecule has 0 aliphatic carbocycles. The molecule has 0 spiro atoms. The lowest BCUT2D eigenvalue weighted by Crippen LogP contribution is -2.24. The molecule has 5 heteroatoms. The maximum atomic E-state index is 12.3. The van der Waals surface area contributed by atoms with Gasteiger partial charge in [-0.1, -0.05) is 31.5 Å². The summed E-state index contributed by atoms with van der Waals surface area (Å²) in [6.07, 6.45) is -2.35. The van der Waals surface area contributed by atoms with Crippen LogP contribution in [0.3, 0.4) is 0 Å². The van der Waals surface area contributed by atoms with Crippen molar-refractivity contribution < 1.29 is 8.78 Å². The fraction of sp³-hybridized carbons (Fsp3) is 0.571. The largest absolute Gasteiger partial charge is 0.369 e. The quantitative estimate of drug-likeness (QED) is 0.822. The smallest absolute Gasteiger partial charge is 0.255 e. The average molecular weight is 291 g/mol. The van der Waals surface area contributed by atoms with Crippen LogP contribution < -0.4 is 10.2 Å². The predicted octanol–water partition coefficient (Wildman–Crippen LogP) is 3.79. The van der Waals surface area contributed by atoms with Gasteiger partial charge in [-0.25, -0.2) is 8.78 Å². The highest BCUT2D eigenvalue weighted by molar-refractivity contribution is 6.31. The van der Waals surface area contributed by atoms with Gasteiger partial charge < -0.3 is 10.2 Å². The van der Waals surface area contributed by atoms with Crippen molar-refractivity contribution in [1.29, 1.82) is 0 Å². The van der Waals surface area contributed by atoms with E-state index in [0.29, 0.717) is 23.2 Å². The van der Waals surface area contributed by atoms with Gasteiger partial charge in [0.1, 0.15) is 0 Å². The van der Waals surface area contributed by atoms with E-state index in [-0.39, 0.29) is 6.54 Å². The van der Waals surface area contributed by atoms with Crippen molar-refractivity contribution in [3.8, 4) is 0 Å². The van der Waals surface area contributed by atoms with Crippen molar-refractivity contribution in [2.75, 3.05) is 25.0 Å². The Bertz CT molecular complexity index is 397. The molecule has 1 aromatic carbocycles. The third kappa shape index (κ3) is 5.74. The lowest BCUT2D eigenvalue weighted by atomic mass is 10.1. The van der Waals surface area contributed by atoms with E-state index in [1.165, 1.54) is 4.90 Å². The summed E-state index contributed by atoms with van der Waals surface area (Å²) < 4.78 is 24.6. The summed E-state index contributed by atoms with van der Waals surface area (Å²) in [7, 11) is 1.63. The van der Waals surface area contributed by atoms with Crippen LogP contribution in [0.2, 0.25) is 5.02 Å². The standard InChI is InChI=1S/C14H21ClF2N2/c1-10(2)7-18-8-11-4-5-12(6-13(11)15)19(3)9-14(16)17/h4-6,10,14,18H,7-9H2,1-3H3. The van der Waals surface area contributed by atoms with Crippen molar-refractivity contribution in [3.05, 3.63) is 28.8 Å². The van der Waals surface area contributed by atoms with Crippen LogP contribution in [0.1, 0.15) is 19.4 Å². The third-order valence-electron chi connectivity index (χ3n) is 2.76. The summed E-state index contributed by atoms with van der Waals surface area (Å²) in [5.41, 5.74) is 1.69. The van der Waals surface area contributed by atoms with Crippen molar-refractivity contribution in [2.45, 2.75) is 26.8 Å². The van der Waals surface area contributed by atoms with E-state index in [4.69, 9.17) is 11.6 Å². The molecule has 0 fully saturated rings. The Kier molecular flexibility index (Phi) is 6.52. The van der Waals surface area contributed by atoms with E-state index in [1.54, 1.807) is 13.1 Å². The molecule has 0 saturated carbocycles. The lowest BCUT2D eigenvalue weighted by molar-refractivity contribution is 0.156. The summed E-state index contributed by atoms with van der Waals surface area (Å²) in [5.74, 6) is 0.579. The first-order valence-corrected chi connectivity index (χ1v) is 6.76. The van der Waals surface area contributed by atoms with Gasteiger partial charge in [-0.2, -0.15) is 0 Å². The summed E-state index contributed by atoms with van der Waals surface area (Å²) in [5, 5.41) is 3.91. The molecule has 0 unspecified atom stereocenters. The fourth-order valence-corrected chi connectivity index (χ4v) is 1.97. The van der Waals surface area contributed by atoms with E-state index in [1.807, 2.05) is 12.1 Å². The Balaban J connectivity index is 2.63. The van der Waals surface area contributed by atoms with Crippen molar-refractivity contribution in [3.63, 3.8) is 0 Å². The molecule has 108 valence electrons. The number of rotatable bonds is 7. The monoisotopic (exact) mass is 290 g/mol. The second-order valence-electron chi connectivity index (χ2n) is 5.07. The topological polar surface area (TPSA) is 15.3 Å². The van der Waals surface area contributed by atoms with E-state index in [0.717, 1.165) is 12.1 Å². The van der Waals surface area contributed by atoms with E-state index in [9.17, 15) is 8.78 Å². The first-order valence-electron chi connectivity index (χ1n) is 6.38. The van der Waals surface area contributed by atoms with Crippen molar-refractivity contribution >= 4 is 17.3 Å². The van der Waals surface area contributed by atoms with Crippen molar-refractivity contribution in [1.82, 2.24) is 5.32 Å². The number of hydrogen-bond donors (Lipinski definition) is 1. The van der Waals surface area contributed by atoms with Crippen LogP contribution >= 0.6 is 11.6 Å². The maximum absolute atomic E-state index is 12.3. The Hall–Kier alpha value is -0.870. The Morgan fingerprint density at radius 2 is 2.00 bits per heavy atom. The Morgan fingerprint density at radius 1 is 1.32 bits per heavy atom. The fourth-order valence-electron chi connectivity index (χ4n) is 1.72. The third-order valence-corrected chi connectivity index (χ3v) is 3.11. The van der Waals surface area contributed by atoms with Crippen LogP contribution in [-0.2, 0) is 6.54 Å². The minimum atomic E-state index is -2.35. The molecular formula is C14H21ClF2N2. The van der Waals surface area contributed by atoms with Gasteiger partial charge in [0.2, 0.25) is 0 Å². The number of hydrogen-bond acceptors (Lipinski definition) is 2. The van der Waals surface area contributed by atoms with Crippen LogP contribution in [0.5, 0.6) is 0 Å². The molecule has 0 amide bonds. The number of nitrogens with one attached hydrogen (secondary N) is 1. The van der Waals surface area contributed by atoms with Crippen LogP contribution in [0.4, 0.5) is 14.5 Å². The van der Waals surface area contributed by atoms with Crippen molar-refractivity contribution in [2.24, 2.45) is 5.92 Å². The normalized spacial score (nSPS) is 11.4. The average Bonchev–Trinajstić information content (AvgIpc) is 2.29. The van der Waals surface area contributed by atoms with Crippen LogP contribution in [-0.4, -0.2) is 26.6 Å². The van der Waals surface area contributed by atoms with Crippen LogP contribution in [0.15, 0.2) is 18.2 Å². The highest BCUT2D eigenvalue weighted by Crippen LogP contribution is 2.23.